The number of piperidine rings is 1. The summed E-state index contributed by atoms with van der Waals surface area (Å²) in [6.45, 7) is 5.90. The van der Waals surface area contributed by atoms with Crippen LogP contribution in [-0.4, -0.2) is 37.0 Å². The van der Waals surface area contributed by atoms with Gasteiger partial charge in [-0.25, -0.2) is 0 Å². The van der Waals surface area contributed by atoms with Gasteiger partial charge in [-0.05, 0) is 6.54 Å². The molecule has 0 aliphatic carbocycles. The number of ketones is 1. The molecule has 0 bridgehead atoms. The quantitative estimate of drug-likeness (QED) is 0.634. The second-order valence-corrected chi connectivity index (χ2v) is 2.92. The monoisotopic (exact) mass is 156 g/mol. The normalized spacial score (nSPS) is 20.6. The number of nitrogens with one attached hydrogen (secondary N) is 1. The van der Waals surface area contributed by atoms with Gasteiger partial charge in [0.2, 0.25) is 0 Å². The first-order valence-corrected chi connectivity index (χ1v) is 4.27. The highest BCUT2D eigenvalue weighted by atomic mass is 16.1. The van der Waals surface area contributed by atoms with Crippen molar-refractivity contribution >= 4 is 5.78 Å². The predicted octanol–water partition coefficient (Wildman–Crippen LogP) is 0.218. The van der Waals surface area contributed by atoms with Crippen LogP contribution >= 0.6 is 0 Å². The molecule has 0 aromatic rings. The van der Waals surface area contributed by atoms with E-state index >= 15 is 0 Å². The van der Waals surface area contributed by atoms with Crippen LogP contribution in [0, 0.1) is 0 Å². The molecule has 0 aromatic heterocycles. The van der Waals surface area contributed by atoms with Gasteiger partial charge in [-0.15, -0.1) is 0 Å². The van der Waals surface area contributed by atoms with Crippen molar-refractivity contribution in [2.24, 2.45) is 0 Å². The minimum Gasteiger partial charge on any atom is -0.305 e. The van der Waals surface area contributed by atoms with Gasteiger partial charge < -0.3 is 5.32 Å². The van der Waals surface area contributed by atoms with E-state index in [4.69, 9.17) is 0 Å². The van der Waals surface area contributed by atoms with Gasteiger partial charge in [-0.1, -0.05) is 6.92 Å². The molecule has 1 fully saturated rings. The zero-order valence-electron chi connectivity index (χ0n) is 7.10. The molecule has 1 heterocycles. The fourth-order valence-corrected chi connectivity index (χ4v) is 1.23. The molecule has 0 atom stereocenters. The summed E-state index contributed by atoms with van der Waals surface area (Å²) in [6.07, 6.45) is 1.48. The van der Waals surface area contributed by atoms with E-state index in [0.717, 1.165) is 39.1 Å². The lowest BCUT2D eigenvalue weighted by molar-refractivity contribution is -0.121. The van der Waals surface area contributed by atoms with Crippen molar-refractivity contribution in [3.05, 3.63) is 0 Å². The molecule has 0 saturated carbocycles. The molecule has 3 nitrogen and oxygen atoms in total. The van der Waals surface area contributed by atoms with E-state index in [2.05, 4.69) is 17.1 Å². The second kappa shape index (κ2) is 4.46. The topological polar surface area (TPSA) is 32.3 Å². The van der Waals surface area contributed by atoms with Crippen molar-refractivity contribution in [3.63, 3.8) is 0 Å². The summed E-state index contributed by atoms with van der Waals surface area (Å²) in [6, 6.07) is 0. The van der Waals surface area contributed by atoms with Crippen LogP contribution in [0.2, 0.25) is 0 Å². The van der Waals surface area contributed by atoms with Gasteiger partial charge in [0.05, 0.1) is 0 Å². The molecule has 0 spiro atoms. The molecular weight excluding hydrogens is 140 g/mol. The van der Waals surface area contributed by atoms with Crippen molar-refractivity contribution in [1.82, 2.24) is 10.2 Å². The van der Waals surface area contributed by atoms with Crippen molar-refractivity contribution in [1.29, 1.82) is 0 Å². The molecule has 1 saturated heterocycles. The zero-order chi connectivity index (χ0) is 8.10. The Hall–Kier alpha value is -0.410. The smallest absolute Gasteiger partial charge is 0.135 e. The van der Waals surface area contributed by atoms with Gasteiger partial charge in [-0.2, -0.15) is 0 Å². The van der Waals surface area contributed by atoms with Crippen LogP contribution in [0.1, 0.15) is 19.8 Å². The summed E-state index contributed by atoms with van der Waals surface area (Å²) >= 11 is 0. The van der Waals surface area contributed by atoms with E-state index in [1.165, 1.54) is 0 Å². The van der Waals surface area contributed by atoms with Gasteiger partial charge in [0, 0.05) is 32.6 Å². The Morgan fingerprint density at radius 3 is 2.64 bits per heavy atom. The number of likely N-dealkylation sites (tertiary alicyclic amines) is 1. The van der Waals surface area contributed by atoms with Crippen LogP contribution in [0.4, 0.5) is 0 Å². The minimum absolute atomic E-state index is 0.415. The Balaban J connectivity index is 2.12. The lowest BCUT2D eigenvalue weighted by Gasteiger charge is -2.25. The Morgan fingerprint density at radius 1 is 1.45 bits per heavy atom. The molecule has 11 heavy (non-hydrogen) atoms. The number of hydrogen-bond acceptors (Lipinski definition) is 3. The number of rotatable bonds is 3. The average Bonchev–Trinajstić information content (AvgIpc) is 2.04. The molecule has 1 aliphatic rings. The summed E-state index contributed by atoms with van der Waals surface area (Å²) in [4.78, 5) is 13.1. The van der Waals surface area contributed by atoms with E-state index in [1.54, 1.807) is 0 Å². The molecule has 0 radical (unpaired) electrons. The number of Topliss-reactive ketones (excluding diaryl/α,β-unsaturated/α-hetero) is 1. The summed E-state index contributed by atoms with van der Waals surface area (Å²) in [5.41, 5.74) is 0. The van der Waals surface area contributed by atoms with Crippen LogP contribution in [0.15, 0.2) is 0 Å². The summed E-state index contributed by atoms with van der Waals surface area (Å²) in [5, 5.41) is 3.25. The molecule has 3 heteroatoms. The zero-order valence-corrected chi connectivity index (χ0v) is 7.10. The average molecular weight is 156 g/mol. The Kier molecular flexibility index (Phi) is 3.52. The number of hydrogen-bond donors (Lipinski definition) is 1. The van der Waals surface area contributed by atoms with Crippen molar-refractivity contribution < 1.29 is 4.79 Å². The van der Waals surface area contributed by atoms with Crippen LogP contribution in [-0.2, 0) is 4.79 Å². The largest absolute Gasteiger partial charge is 0.305 e. The van der Waals surface area contributed by atoms with E-state index in [0.29, 0.717) is 5.78 Å². The highest BCUT2D eigenvalue weighted by molar-refractivity contribution is 5.79. The van der Waals surface area contributed by atoms with E-state index in [9.17, 15) is 4.79 Å². The molecule has 0 aromatic carbocycles. The Bertz CT molecular complexity index is 126. The molecule has 64 valence electrons. The van der Waals surface area contributed by atoms with Gasteiger partial charge in [0.15, 0.2) is 0 Å². The Labute approximate surface area is 67.8 Å². The SMILES string of the molecule is CCNCN1CCC(=O)CC1. The summed E-state index contributed by atoms with van der Waals surface area (Å²) < 4.78 is 0. The van der Waals surface area contributed by atoms with E-state index in [1.807, 2.05) is 0 Å². The van der Waals surface area contributed by atoms with Crippen LogP contribution in [0.5, 0.6) is 0 Å². The fraction of sp³-hybridized carbons (Fsp3) is 0.875. The number of carbonyl (C=O) groups is 1. The first-order chi connectivity index (χ1) is 5.33. The maximum absolute atomic E-state index is 10.8. The lowest BCUT2D eigenvalue weighted by Crippen LogP contribution is -2.40. The molecule has 1 rings (SSSR count). The molecule has 1 N–H and O–H groups in total. The van der Waals surface area contributed by atoms with E-state index in [-0.39, 0.29) is 0 Å². The molecule has 1 aliphatic heterocycles. The summed E-state index contributed by atoms with van der Waals surface area (Å²) in [7, 11) is 0. The second-order valence-electron chi connectivity index (χ2n) is 2.92. The number of nitrogens with zero attached hydrogens (tertiary/aromatic N) is 1. The summed E-state index contributed by atoms with van der Waals surface area (Å²) in [5.74, 6) is 0.415. The maximum atomic E-state index is 10.8. The highest BCUT2D eigenvalue weighted by Crippen LogP contribution is 2.03. The van der Waals surface area contributed by atoms with Crippen LogP contribution in [0.3, 0.4) is 0 Å². The van der Waals surface area contributed by atoms with Gasteiger partial charge in [0.25, 0.3) is 0 Å². The fourth-order valence-electron chi connectivity index (χ4n) is 1.23. The standard InChI is InChI=1S/C8H16N2O/c1-2-9-7-10-5-3-8(11)4-6-10/h9H,2-7H2,1H3. The van der Waals surface area contributed by atoms with Crippen LogP contribution in [0.25, 0.3) is 0 Å². The maximum Gasteiger partial charge on any atom is 0.135 e. The lowest BCUT2D eigenvalue weighted by atomic mass is 10.1. The van der Waals surface area contributed by atoms with Crippen LogP contribution < -0.4 is 5.32 Å². The molecule has 0 amide bonds. The predicted molar refractivity (Wildman–Crippen MR) is 44.4 cm³/mol. The van der Waals surface area contributed by atoms with Gasteiger partial charge in [0.1, 0.15) is 5.78 Å². The molecular formula is C8H16N2O. The third kappa shape index (κ3) is 2.99. The minimum atomic E-state index is 0.415. The highest BCUT2D eigenvalue weighted by Gasteiger charge is 2.14. The third-order valence-corrected chi connectivity index (χ3v) is 2.00. The third-order valence-electron chi connectivity index (χ3n) is 2.00. The van der Waals surface area contributed by atoms with Crippen molar-refractivity contribution in [2.75, 3.05) is 26.3 Å². The van der Waals surface area contributed by atoms with E-state index < -0.39 is 0 Å². The van der Waals surface area contributed by atoms with Gasteiger partial charge in [-0.3, -0.25) is 9.69 Å². The van der Waals surface area contributed by atoms with Crippen molar-refractivity contribution in [3.8, 4) is 0 Å². The first kappa shape index (κ1) is 8.68. The van der Waals surface area contributed by atoms with Gasteiger partial charge >= 0.3 is 0 Å². The van der Waals surface area contributed by atoms with Crippen molar-refractivity contribution in [2.45, 2.75) is 19.8 Å². The first-order valence-electron chi connectivity index (χ1n) is 4.27. The molecule has 0 unspecified atom stereocenters. The Morgan fingerprint density at radius 2 is 2.09 bits per heavy atom. The number of carbonyl (C=O) groups excluding carboxylic acids is 1.